The van der Waals surface area contributed by atoms with Crippen LogP contribution in [0.4, 0.5) is 4.39 Å². The second-order valence-electron chi connectivity index (χ2n) is 2.54. The van der Waals surface area contributed by atoms with Crippen LogP contribution < -0.4 is 0 Å². The molecule has 0 unspecified atom stereocenters. The number of rotatable bonds is 2. The topological polar surface area (TPSA) is 0 Å². The van der Waals surface area contributed by atoms with E-state index in [1.165, 1.54) is 6.07 Å². The van der Waals surface area contributed by atoms with Gasteiger partial charge in [0.1, 0.15) is 5.82 Å². The monoisotopic (exact) mass is 170 g/mol. The molecule has 0 atom stereocenters. The van der Waals surface area contributed by atoms with Gasteiger partial charge in [-0.3, -0.25) is 0 Å². The lowest BCUT2D eigenvalue weighted by atomic mass is 10.1. The molecule has 0 aliphatic rings. The quantitative estimate of drug-likeness (QED) is 0.648. The van der Waals surface area contributed by atoms with Gasteiger partial charge in [-0.05, 0) is 42.4 Å². The third kappa shape index (κ3) is 2.22. The van der Waals surface area contributed by atoms with Crippen LogP contribution in [0.1, 0.15) is 11.1 Å². The Kier molecular flexibility index (Phi) is 2.94. The Hall–Kier alpha value is -0.500. The van der Waals surface area contributed by atoms with Crippen LogP contribution in [-0.4, -0.2) is 5.75 Å². The number of benzene rings is 1. The van der Waals surface area contributed by atoms with Gasteiger partial charge in [-0.25, -0.2) is 4.39 Å². The summed E-state index contributed by atoms with van der Waals surface area (Å²) in [4.78, 5) is 0. The molecule has 1 aromatic carbocycles. The molecule has 0 radical (unpaired) electrons. The van der Waals surface area contributed by atoms with Gasteiger partial charge in [0.15, 0.2) is 0 Å². The minimum atomic E-state index is -0.160. The van der Waals surface area contributed by atoms with Gasteiger partial charge in [-0.15, -0.1) is 0 Å². The van der Waals surface area contributed by atoms with Crippen molar-refractivity contribution in [2.24, 2.45) is 0 Å². The predicted molar refractivity (Wildman–Crippen MR) is 48.7 cm³/mol. The van der Waals surface area contributed by atoms with Crippen LogP contribution in [0.3, 0.4) is 0 Å². The fraction of sp³-hybridized carbons (Fsp3) is 0.333. The van der Waals surface area contributed by atoms with Crippen LogP contribution in [-0.2, 0) is 6.42 Å². The van der Waals surface area contributed by atoms with Crippen molar-refractivity contribution < 1.29 is 4.39 Å². The smallest absolute Gasteiger partial charge is 0.123 e. The fourth-order valence-electron chi connectivity index (χ4n) is 1.03. The summed E-state index contributed by atoms with van der Waals surface area (Å²) in [5.74, 6) is 0.608. The van der Waals surface area contributed by atoms with E-state index in [-0.39, 0.29) is 5.82 Å². The van der Waals surface area contributed by atoms with E-state index < -0.39 is 0 Å². The van der Waals surface area contributed by atoms with Crippen LogP contribution in [0.5, 0.6) is 0 Å². The summed E-state index contributed by atoms with van der Waals surface area (Å²) in [6, 6.07) is 4.86. The van der Waals surface area contributed by atoms with Crippen molar-refractivity contribution in [3.63, 3.8) is 0 Å². The molecule has 0 heterocycles. The van der Waals surface area contributed by atoms with Gasteiger partial charge in [0, 0.05) is 0 Å². The average Bonchev–Trinajstić information content (AvgIpc) is 1.98. The highest BCUT2D eigenvalue weighted by molar-refractivity contribution is 7.80. The summed E-state index contributed by atoms with van der Waals surface area (Å²) in [6.07, 6.45) is 0.840. The van der Waals surface area contributed by atoms with E-state index in [9.17, 15) is 4.39 Å². The Morgan fingerprint density at radius 3 is 2.82 bits per heavy atom. The van der Waals surface area contributed by atoms with E-state index in [0.717, 1.165) is 23.3 Å². The Balaban J connectivity index is 2.93. The molecule has 0 aromatic heterocycles. The van der Waals surface area contributed by atoms with Crippen LogP contribution in [0.25, 0.3) is 0 Å². The van der Waals surface area contributed by atoms with Gasteiger partial charge < -0.3 is 0 Å². The third-order valence-corrected chi connectivity index (χ3v) is 1.92. The first-order valence-corrected chi connectivity index (χ1v) is 4.23. The summed E-state index contributed by atoms with van der Waals surface area (Å²) < 4.78 is 12.6. The fourth-order valence-corrected chi connectivity index (χ4v) is 1.27. The normalized spacial score (nSPS) is 10.1. The molecule has 0 nitrogen and oxygen atoms in total. The maximum absolute atomic E-state index is 12.6. The van der Waals surface area contributed by atoms with Crippen LogP contribution in [0.2, 0.25) is 0 Å². The minimum Gasteiger partial charge on any atom is -0.207 e. The SMILES string of the molecule is Cc1ccc(F)cc1CCS. The van der Waals surface area contributed by atoms with Crippen molar-refractivity contribution in [1.29, 1.82) is 0 Å². The Bertz CT molecular complexity index is 245. The van der Waals surface area contributed by atoms with Crippen molar-refractivity contribution in [2.75, 3.05) is 5.75 Å². The highest BCUT2D eigenvalue weighted by atomic mass is 32.1. The Morgan fingerprint density at radius 1 is 1.45 bits per heavy atom. The van der Waals surface area contributed by atoms with Crippen LogP contribution in [0, 0.1) is 12.7 Å². The Labute approximate surface area is 71.8 Å². The second-order valence-corrected chi connectivity index (χ2v) is 2.99. The van der Waals surface area contributed by atoms with Gasteiger partial charge >= 0.3 is 0 Å². The number of hydrogen-bond donors (Lipinski definition) is 1. The largest absolute Gasteiger partial charge is 0.207 e. The molecule has 0 N–H and O–H groups in total. The molecule has 60 valence electrons. The molecule has 0 bridgehead atoms. The molecule has 0 aliphatic heterocycles. The zero-order valence-electron chi connectivity index (χ0n) is 6.47. The van der Waals surface area contributed by atoms with E-state index in [0.29, 0.717) is 0 Å². The molecule has 0 fully saturated rings. The average molecular weight is 170 g/mol. The highest BCUT2D eigenvalue weighted by Crippen LogP contribution is 2.10. The first-order valence-electron chi connectivity index (χ1n) is 3.60. The molecule has 1 aromatic rings. The third-order valence-electron chi connectivity index (χ3n) is 1.69. The minimum absolute atomic E-state index is 0.160. The maximum atomic E-state index is 12.6. The standard InChI is InChI=1S/C9H11FS/c1-7-2-3-9(10)6-8(7)4-5-11/h2-3,6,11H,4-5H2,1H3. The lowest BCUT2D eigenvalue weighted by molar-refractivity contribution is 0.625. The molecular weight excluding hydrogens is 159 g/mol. The van der Waals surface area contributed by atoms with Crippen molar-refractivity contribution in [2.45, 2.75) is 13.3 Å². The molecule has 2 heteroatoms. The number of halogens is 1. The lowest BCUT2D eigenvalue weighted by Crippen LogP contribution is -1.91. The van der Waals surface area contributed by atoms with Crippen LogP contribution in [0.15, 0.2) is 18.2 Å². The molecule has 11 heavy (non-hydrogen) atoms. The predicted octanol–water partition coefficient (Wildman–Crippen LogP) is 2.61. The van der Waals surface area contributed by atoms with Gasteiger partial charge in [-0.1, -0.05) is 6.07 Å². The molecular formula is C9H11FS. The summed E-state index contributed by atoms with van der Waals surface area (Å²) >= 11 is 4.09. The summed E-state index contributed by atoms with van der Waals surface area (Å²) in [5, 5.41) is 0. The summed E-state index contributed by atoms with van der Waals surface area (Å²) in [6.45, 7) is 1.98. The first kappa shape index (κ1) is 8.60. The highest BCUT2D eigenvalue weighted by Gasteiger charge is 1.97. The van der Waals surface area contributed by atoms with Gasteiger partial charge in [-0.2, -0.15) is 12.6 Å². The molecule has 0 aliphatic carbocycles. The van der Waals surface area contributed by atoms with E-state index in [4.69, 9.17) is 0 Å². The lowest BCUT2D eigenvalue weighted by Gasteiger charge is -2.02. The molecule has 0 amide bonds. The summed E-state index contributed by atoms with van der Waals surface area (Å²) in [7, 11) is 0. The molecule has 0 saturated carbocycles. The first-order chi connectivity index (χ1) is 5.24. The number of aryl methyl sites for hydroxylation is 2. The van der Waals surface area contributed by atoms with Crippen molar-refractivity contribution >= 4 is 12.6 Å². The zero-order chi connectivity index (χ0) is 8.27. The van der Waals surface area contributed by atoms with E-state index in [1.807, 2.05) is 6.92 Å². The van der Waals surface area contributed by atoms with E-state index >= 15 is 0 Å². The molecule has 0 saturated heterocycles. The van der Waals surface area contributed by atoms with E-state index in [1.54, 1.807) is 12.1 Å². The van der Waals surface area contributed by atoms with Crippen LogP contribution >= 0.6 is 12.6 Å². The van der Waals surface area contributed by atoms with Gasteiger partial charge in [0.2, 0.25) is 0 Å². The zero-order valence-corrected chi connectivity index (χ0v) is 7.37. The van der Waals surface area contributed by atoms with Gasteiger partial charge in [0.05, 0.1) is 0 Å². The second kappa shape index (κ2) is 3.77. The summed E-state index contributed by atoms with van der Waals surface area (Å²) in [5.41, 5.74) is 2.19. The van der Waals surface area contributed by atoms with Gasteiger partial charge in [0.25, 0.3) is 0 Å². The van der Waals surface area contributed by atoms with Crippen molar-refractivity contribution in [3.05, 3.63) is 35.1 Å². The molecule has 0 spiro atoms. The molecule has 1 rings (SSSR count). The van der Waals surface area contributed by atoms with Crippen molar-refractivity contribution in [1.82, 2.24) is 0 Å². The Morgan fingerprint density at radius 2 is 2.18 bits per heavy atom. The van der Waals surface area contributed by atoms with E-state index in [2.05, 4.69) is 12.6 Å². The van der Waals surface area contributed by atoms with Crippen molar-refractivity contribution in [3.8, 4) is 0 Å². The number of hydrogen-bond acceptors (Lipinski definition) is 1. The maximum Gasteiger partial charge on any atom is 0.123 e. The number of thiol groups is 1.